The van der Waals surface area contributed by atoms with Crippen LogP contribution in [0.4, 0.5) is 0 Å². The molecule has 0 saturated carbocycles. The minimum absolute atomic E-state index is 0.779. The molecule has 14 heavy (non-hydrogen) atoms. The summed E-state index contributed by atoms with van der Waals surface area (Å²) in [7, 11) is 0. The predicted molar refractivity (Wildman–Crippen MR) is 55.3 cm³/mol. The molecule has 0 saturated heterocycles. The molecule has 0 atom stereocenters. The minimum atomic E-state index is 0.779. The summed E-state index contributed by atoms with van der Waals surface area (Å²) in [6, 6.07) is 8.15. The Morgan fingerprint density at radius 2 is 1.86 bits per heavy atom. The zero-order valence-electron chi connectivity index (χ0n) is 8.20. The fraction of sp³-hybridized carbons (Fsp3) is 0.182. The summed E-state index contributed by atoms with van der Waals surface area (Å²) in [5.41, 5.74) is 9.79. The summed E-state index contributed by atoms with van der Waals surface area (Å²) in [6.07, 6.45) is 0. The molecule has 0 bridgehead atoms. The Kier molecular flexibility index (Phi) is 2.17. The molecule has 1 aromatic carbocycles. The van der Waals surface area contributed by atoms with E-state index in [1.807, 2.05) is 19.1 Å². The van der Waals surface area contributed by atoms with Crippen molar-refractivity contribution in [3.8, 4) is 0 Å². The summed E-state index contributed by atoms with van der Waals surface area (Å²) in [5, 5.41) is 7.76. The Balaban J connectivity index is 2.45. The molecule has 70 valence electrons. The lowest BCUT2D eigenvalue weighted by atomic mass is 10.1. The summed E-state index contributed by atoms with van der Waals surface area (Å²) in [5.74, 6) is 0. The van der Waals surface area contributed by atoms with Crippen LogP contribution in [0.2, 0.25) is 0 Å². The quantitative estimate of drug-likeness (QED) is 0.671. The van der Waals surface area contributed by atoms with E-state index >= 15 is 0 Å². The number of hydrogen-bond donors (Lipinski definition) is 1. The molecule has 0 spiro atoms. The highest BCUT2D eigenvalue weighted by Crippen LogP contribution is 2.17. The third kappa shape index (κ3) is 1.73. The van der Waals surface area contributed by atoms with Crippen molar-refractivity contribution >= 4 is 5.70 Å². The molecule has 0 aromatic heterocycles. The highest BCUT2D eigenvalue weighted by Gasteiger charge is 2.02. The molecule has 3 heteroatoms. The third-order valence-corrected chi connectivity index (χ3v) is 2.00. The van der Waals surface area contributed by atoms with Gasteiger partial charge in [-0.15, -0.1) is 5.11 Å². The van der Waals surface area contributed by atoms with Crippen molar-refractivity contribution < 1.29 is 0 Å². The number of hydrogen-bond acceptors (Lipinski definition) is 3. The molecule has 0 radical (unpaired) electrons. The highest BCUT2D eigenvalue weighted by molar-refractivity contribution is 5.64. The van der Waals surface area contributed by atoms with E-state index in [9.17, 15) is 0 Å². The fourth-order valence-corrected chi connectivity index (χ4v) is 1.22. The molecule has 3 nitrogen and oxygen atoms in total. The maximum atomic E-state index is 3.98. The lowest BCUT2D eigenvalue weighted by Gasteiger charge is -2.04. The van der Waals surface area contributed by atoms with Crippen molar-refractivity contribution in [1.82, 2.24) is 5.43 Å². The number of nitrogens with one attached hydrogen (secondary N) is 1. The Morgan fingerprint density at radius 1 is 1.14 bits per heavy atom. The zero-order chi connectivity index (χ0) is 9.97. The molecule has 1 aliphatic rings. The van der Waals surface area contributed by atoms with Crippen LogP contribution in [0.5, 0.6) is 0 Å². The third-order valence-electron chi connectivity index (χ3n) is 2.00. The average Bonchev–Trinajstić information content (AvgIpc) is 2.19. The zero-order valence-corrected chi connectivity index (χ0v) is 8.20. The summed E-state index contributed by atoms with van der Waals surface area (Å²) < 4.78 is 0. The molecule has 0 fully saturated rings. The van der Waals surface area contributed by atoms with E-state index in [1.165, 1.54) is 5.56 Å². The van der Waals surface area contributed by atoms with Gasteiger partial charge in [0.1, 0.15) is 5.70 Å². The fourth-order valence-electron chi connectivity index (χ4n) is 1.22. The van der Waals surface area contributed by atoms with Gasteiger partial charge >= 0.3 is 0 Å². The van der Waals surface area contributed by atoms with Crippen LogP contribution < -0.4 is 5.43 Å². The largest absolute Gasteiger partial charge is 0.256 e. The van der Waals surface area contributed by atoms with Gasteiger partial charge in [-0.2, -0.15) is 0 Å². The molecule has 2 rings (SSSR count). The van der Waals surface area contributed by atoms with Crippen LogP contribution in [0.3, 0.4) is 0 Å². The van der Waals surface area contributed by atoms with Crippen LogP contribution in [0.25, 0.3) is 5.70 Å². The molecule has 1 aromatic rings. The smallest absolute Gasteiger partial charge is 0.138 e. The Bertz CT molecular complexity index is 434. The maximum Gasteiger partial charge on any atom is 0.138 e. The lowest BCUT2D eigenvalue weighted by Crippen LogP contribution is -2.02. The summed E-state index contributed by atoms with van der Waals surface area (Å²) in [6.45, 7) is 3.97. The van der Waals surface area contributed by atoms with Crippen LogP contribution >= 0.6 is 0 Å². The number of allylic oxidation sites excluding steroid dienone is 1. The first-order chi connectivity index (χ1) is 6.75. The van der Waals surface area contributed by atoms with E-state index in [1.54, 1.807) is 0 Å². The van der Waals surface area contributed by atoms with Gasteiger partial charge in [0.25, 0.3) is 0 Å². The van der Waals surface area contributed by atoms with Gasteiger partial charge in [-0.25, -0.2) is 0 Å². The normalized spacial score (nSPS) is 14.4. The SMILES string of the molecule is CC1=C=C(c2ccc(C)cc2)N=NN1. The minimum Gasteiger partial charge on any atom is -0.256 e. The van der Waals surface area contributed by atoms with Gasteiger partial charge in [0.05, 0.1) is 5.70 Å². The highest BCUT2D eigenvalue weighted by atomic mass is 15.4. The number of rotatable bonds is 1. The summed E-state index contributed by atoms with van der Waals surface area (Å²) in [4.78, 5) is 0. The van der Waals surface area contributed by atoms with Gasteiger partial charge in [-0.05, 0) is 13.8 Å². The first kappa shape index (κ1) is 8.73. The van der Waals surface area contributed by atoms with E-state index in [-0.39, 0.29) is 0 Å². The van der Waals surface area contributed by atoms with Crippen LogP contribution in [-0.4, -0.2) is 0 Å². The van der Waals surface area contributed by atoms with Crippen molar-refractivity contribution in [2.45, 2.75) is 13.8 Å². The molecule has 0 amide bonds. The van der Waals surface area contributed by atoms with Gasteiger partial charge < -0.3 is 0 Å². The molecule has 1 heterocycles. The first-order valence-electron chi connectivity index (χ1n) is 4.47. The number of nitrogens with zero attached hydrogens (tertiary/aromatic N) is 2. The van der Waals surface area contributed by atoms with Gasteiger partial charge in [0.15, 0.2) is 0 Å². The van der Waals surface area contributed by atoms with Gasteiger partial charge in [-0.3, -0.25) is 5.43 Å². The van der Waals surface area contributed by atoms with E-state index in [0.717, 1.165) is 17.0 Å². The van der Waals surface area contributed by atoms with Crippen molar-refractivity contribution in [3.05, 3.63) is 46.8 Å². The topological polar surface area (TPSA) is 36.8 Å². The predicted octanol–water partition coefficient (Wildman–Crippen LogP) is 2.81. The second-order valence-corrected chi connectivity index (χ2v) is 3.28. The second kappa shape index (κ2) is 3.48. The Morgan fingerprint density at radius 3 is 2.50 bits per heavy atom. The Hall–Kier alpha value is -1.86. The van der Waals surface area contributed by atoms with Crippen molar-refractivity contribution in [3.63, 3.8) is 0 Å². The van der Waals surface area contributed by atoms with Crippen LogP contribution in [0.15, 0.2) is 46.0 Å². The van der Waals surface area contributed by atoms with Crippen molar-refractivity contribution in [2.24, 2.45) is 10.3 Å². The number of aryl methyl sites for hydroxylation is 1. The molecular weight excluding hydrogens is 174 g/mol. The molecule has 1 N–H and O–H groups in total. The molecule has 0 unspecified atom stereocenters. The maximum absolute atomic E-state index is 3.98. The molecule has 1 aliphatic heterocycles. The van der Waals surface area contributed by atoms with Gasteiger partial charge in [0, 0.05) is 5.56 Å². The van der Waals surface area contributed by atoms with Crippen LogP contribution in [0, 0.1) is 6.92 Å². The van der Waals surface area contributed by atoms with E-state index in [4.69, 9.17) is 0 Å². The van der Waals surface area contributed by atoms with E-state index in [2.05, 4.69) is 40.6 Å². The Labute approximate surface area is 82.8 Å². The first-order valence-corrected chi connectivity index (χ1v) is 4.47. The van der Waals surface area contributed by atoms with E-state index < -0.39 is 0 Å². The lowest BCUT2D eigenvalue weighted by molar-refractivity contribution is 0.807. The molecular formula is C11H11N3. The van der Waals surface area contributed by atoms with Crippen LogP contribution in [-0.2, 0) is 0 Å². The second-order valence-electron chi connectivity index (χ2n) is 3.28. The van der Waals surface area contributed by atoms with Crippen LogP contribution in [0.1, 0.15) is 18.1 Å². The average molecular weight is 185 g/mol. The number of benzene rings is 1. The molecule has 0 aliphatic carbocycles. The van der Waals surface area contributed by atoms with Gasteiger partial charge in [-0.1, -0.05) is 40.8 Å². The summed E-state index contributed by atoms with van der Waals surface area (Å²) >= 11 is 0. The van der Waals surface area contributed by atoms with E-state index in [0.29, 0.717) is 0 Å². The monoisotopic (exact) mass is 185 g/mol. The van der Waals surface area contributed by atoms with Gasteiger partial charge in [0.2, 0.25) is 0 Å². The standard InChI is InChI=1S/C11H11N3/c1-8-3-5-10(6-4-8)11-7-9(2)12-14-13-11/h3-6H,1-2H3,(H,12,13). The van der Waals surface area contributed by atoms with Crippen molar-refractivity contribution in [1.29, 1.82) is 0 Å². The van der Waals surface area contributed by atoms with Crippen molar-refractivity contribution in [2.75, 3.05) is 0 Å².